The summed E-state index contributed by atoms with van der Waals surface area (Å²) in [6.45, 7) is 2.10. The van der Waals surface area contributed by atoms with E-state index in [1.165, 1.54) is 11.1 Å². The molecule has 0 spiro atoms. The van der Waals surface area contributed by atoms with E-state index in [9.17, 15) is 0 Å². The quantitative estimate of drug-likeness (QED) is 0.623. The van der Waals surface area contributed by atoms with Gasteiger partial charge in [-0.15, -0.1) is 0 Å². The average molecular weight is 244 g/mol. The number of imidazole rings is 1. The van der Waals surface area contributed by atoms with E-state index in [4.69, 9.17) is 5.84 Å². The van der Waals surface area contributed by atoms with Crippen LogP contribution in [0.15, 0.2) is 36.7 Å². The predicted octanol–water partition coefficient (Wildman–Crippen LogP) is 1.87. The zero-order valence-corrected chi connectivity index (χ0v) is 10.9. The lowest BCUT2D eigenvalue weighted by atomic mass is 10.0. The van der Waals surface area contributed by atoms with Gasteiger partial charge in [-0.2, -0.15) is 0 Å². The van der Waals surface area contributed by atoms with Gasteiger partial charge >= 0.3 is 0 Å². The molecule has 18 heavy (non-hydrogen) atoms. The van der Waals surface area contributed by atoms with Gasteiger partial charge in [0, 0.05) is 19.4 Å². The van der Waals surface area contributed by atoms with Crippen LogP contribution in [-0.4, -0.2) is 9.55 Å². The largest absolute Gasteiger partial charge is 0.337 e. The summed E-state index contributed by atoms with van der Waals surface area (Å²) in [5.74, 6) is 6.59. The second-order valence-corrected chi connectivity index (χ2v) is 4.64. The number of benzene rings is 1. The standard InChI is InChI=1S/C14H20N4/c1-11-3-5-12(6-4-11)7-8-13(17-15)14-16-9-10-18(14)2/h3-6,9-10,13,17H,7-8,15H2,1-2H3. The number of hydrogen-bond acceptors (Lipinski definition) is 3. The Kier molecular flexibility index (Phi) is 4.12. The van der Waals surface area contributed by atoms with Gasteiger partial charge in [-0.1, -0.05) is 29.8 Å². The van der Waals surface area contributed by atoms with E-state index in [0.29, 0.717) is 0 Å². The third kappa shape index (κ3) is 2.97. The molecule has 1 unspecified atom stereocenters. The smallest absolute Gasteiger partial charge is 0.126 e. The molecular weight excluding hydrogens is 224 g/mol. The van der Waals surface area contributed by atoms with Crippen molar-refractivity contribution >= 4 is 0 Å². The topological polar surface area (TPSA) is 55.9 Å². The van der Waals surface area contributed by atoms with Crippen molar-refractivity contribution in [2.24, 2.45) is 12.9 Å². The lowest BCUT2D eigenvalue weighted by Crippen LogP contribution is -2.30. The van der Waals surface area contributed by atoms with Crippen LogP contribution in [-0.2, 0) is 13.5 Å². The van der Waals surface area contributed by atoms with Gasteiger partial charge in [-0.25, -0.2) is 10.4 Å². The van der Waals surface area contributed by atoms with Crippen molar-refractivity contribution in [3.63, 3.8) is 0 Å². The molecule has 1 aromatic carbocycles. The fourth-order valence-electron chi connectivity index (χ4n) is 2.07. The van der Waals surface area contributed by atoms with Crippen LogP contribution in [0.3, 0.4) is 0 Å². The van der Waals surface area contributed by atoms with E-state index in [0.717, 1.165) is 18.7 Å². The van der Waals surface area contributed by atoms with Crippen LogP contribution in [0, 0.1) is 6.92 Å². The van der Waals surface area contributed by atoms with Gasteiger partial charge in [-0.3, -0.25) is 5.84 Å². The molecule has 0 aliphatic carbocycles. The van der Waals surface area contributed by atoms with Crippen molar-refractivity contribution in [1.29, 1.82) is 0 Å². The molecule has 0 aliphatic heterocycles. The van der Waals surface area contributed by atoms with Crippen molar-refractivity contribution < 1.29 is 0 Å². The van der Waals surface area contributed by atoms with Gasteiger partial charge < -0.3 is 4.57 Å². The summed E-state index contributed by atoms with van der Waals surface area (Å²) in [7, 11) is 1.98. The molecule has 0 amide bonds. The highest BCUT2D eigenvalue weighted by molar-refractivity contribution is 5.21. The minimum absolute atomic E-state index is 0.0892. The minimum Gasteiger partial charge on any atom is -0.337 e. The molecule has 2 rings (SSSR count). The monoisotopic (exact) mass is 244 g/mol. The number of hydrazine groups is 1. The lowest BCUT2D eigenvalue weighted by Gasteiger charge is -2.15. The van der Waals surface area contributed by atoms with E-state index in [1.807, 2.05) is 17.8 Å². The van der Waals surface area contributed by atoms with E-state index >= 15 is 0 Å². The third-order valence-electron chi connectivity index (χ3n) is 3.21. The minimum atomic E-state index is 0.0892. The second kappa shape index (κ2) is 5.80. The average Bonchev–Trinajstić information content (AvgIpc) is 2.79. The van der Waals surface area contributed by atoms with Crippen LogP contribution in [0.25, 0.3) is 0 Å². The Labute approximate surface area is 108 Å². The molecule has 0 aliphatic rings. The highest BCUT2D eigenvalue weighted by Gasteiger charge is 2.13. The first kappa shape index (κ1) is 12.8. The Morgan fingerprint density at radius 1 is 1.33 bits per heavy atom. The maximum absolute atomic E-state index is 5.62. The molecule has 0 fully saturated rings. The first-order valence-corrected chi connectivity index (χ1v) is 6.19. The van der Waals surface area contributed by atoms with Gasteiger partial charge in [0.1, 0.15) is 5.82 Å². The van der Waals surface area contributed by atoms with Crippen LogP contribution in [0.2, 0.25) is 0 Å². The molecule has 1 heterocycles. The highest BCUT2D eigenvalue weighted by Crippen LogP contribution is 2.16. The van der Waals surface area contributed by atoms with Crippen molar-refractivity contribution in [1.82, 2.24) is 15.0 Å². The molecule has 1 atom stereocenters. The fourth-order valence-corrected chi connectivity index (χ4v) is 2.07. The summed E-state index contributed by atoms with van der Waals surface area (Å²) in [5.41, 5.74) is 5.46. The number of rotatable bonds is 5. The molecule has 2 aromatic rings. The molecular formula is C14H20N4. The normalized spacial score (nSPS) is 12.6. The zero-order valence-electron chi connectivity index (χ0n) is 10.9. The van der Waals surface area contributed by atoms with Crippen LogP contribution in [0.1, 0.15) is 29.4 Å². The number of hydrogen-bond donors (Lipinski definition) is 2. The van der Waals surface area contributed by atoms with Gasteiger partial charge in [-0.05, 0) is 25.3 Å². The Hall–Kier alpha value is -1.65. The summed E-state index contributed by atoms with van der Waals surface area (Å²) < 4.78 is 2.00. The molecule has 0 saturated carbocycles. The molecule has 0 saturated heterocycles. The van der Waals surface area contributed by atoms with E-state index in [-0.39, 0.29) is 6.04 Å². The van der Waals surface area contributed by atoms with Crippen molar-refractivity contribution in [2.75, 3.05) is 0 Å². The molecule has 3 N–H and O–H groups in total. The number of nitrogens with two attached hydrogens (primary N) is 1. The number of aryl methyl sites for hydroxylation is 3. The van der Waals surface area contributed by atoms with Crippen molar-refractivity contribution in [2.45, 2.75) is 25.8 Å². The van der Waals surface area contributed by atoms with Crippen molar-refractivity contribution in [3.05, 3.63) is 53.6 Å². The maximum atomic E-state index is 5.62. The van der Waals surface area contributed by atoms with Gasteiger partial charge in [0.15, 0.2) is 0 Å². The van der Waals surface area contributed by atoms with Crippen molar-refractivity contribution in [3.8, 4) is 0 Å². The number of nitrogens with zero attached hydrogens (tertiary/aromatic N) is 2. The van der Waals surface area contributed by atoms with Gasteiger partial charge in [0.25, 0.3) is 0 Å². The molecule has 0 radical (unpaired) electrons. The summed E-state index contributed by atoms with van der Waals surface area (Å²) in [4.78, 5) is 4.33. The van der Waals surface area contributed by atoms with Crippen LogP contribution in [0.4, 0.5) is 0 Å². The summed E-state index contributed by atoms with van der Waals surface area (Å²) >= 11 is 0. The highest BCUT2D eigenvalue weighted by atomic mass is 15.3. The Balaban J connectivity index is 2.00. The van der Waals surface area contributed by atoms with Gasteiger partial charge in [0.2, 0.25) is 0 Å². The van der Waals surface area contributed by atoms with Crippen LogP contribution in [0.5, 0.6) is 0 Å². The Bertz CT molecular complexity index is 487. The van der Waals surface area contributed by atoms with Gasteiger partial charge in [0.05, 0.1) is 6.04 Å². The SMILES string of the molecule is Cc1ccc(CCC(NN)c2nccn2C)cc1. The number of nitrogens with one attached hydrogen (secondary N) is 1. The predicted molar refractivity (Wildman–Crippen MR) is 72.8 cm³/mol. The second-order valence-electron chi connectivity index (χ2n) is 4.64. The molecule has 96 valence electrons. The number of aromatic nitrogens is 2. The fraction of sp³-hybridized carbons (Fsp3) is 0.357. The summed E-state index contributed by atoms with van der Waals surface area (Å²) in [6.07, 6.45) is 5.66. The first-order chi connectivity index (χ1) is 8.70. The van der Waals surface area contributed by atoms with E-state index in [1.54, 1.807) is 6.20 Å². The third-order valence-corrected chi connectivity index (χ3v) is 3.21. The van der Waals surface area contributed by atoms with E-state index < -0.39 is 0 Å². The van der Waals surface area contributed by atoms with E-state index in [2.05, 4.69) is 41.6 Å². The Morgan fingerprint density at radius 2 is 2.06 bits per heavy atom. The summed E-state index contributed by atoms with van der Waals surface area (Å²) in [6, 6.07) is 8.70. The molecule has 0 bridgehead atoms. The Morgan fingerprint density at radius 3 is 2.61 bits per heavy atom. The maximum Gasteiger partial charge on any atom is 0.126 e. The first-order valence-electron chi connectivity index (χ1n) is 6.19. The lowest BCUT2D eigenvalue weighted by molar-refractivity contribution is 0.478. The summed E-state index contributed by atoms with van der Waals surface area (Å²) in [5, 5.41) is 0. The zero-order chi connectivity index (χ0) is 13.0. The molecule has 4 nitrogen and oxygen atoms in total. The van der Waals surface area contributed by atoms with Crippen LogP contribution >= 0.6 is 0 Å². The molecule has 1 aromatic heterocycles. The van der Waals surface area contributed by atoms with Crippen LogP contribution < -0.4 is 11.3 Å². The molecule has 4 heteroatoms.